The van der Waals surface area contributed by atoms with Gasteiger partial charge in [-0.15, -0.1) is 24.0 Å². The number of halogens is 3. The van der Waals surface area contributed by atoms with Gasteiger partial charge in [0.2, 0.25) is 0 Å². The van der Waals surface area contributed by atoms with E-state index in [0.29, 0.717) is 16.6 Å². The van der Waals surface area contributed by atoms with Gasteiger partial charge in [-0.05, 0) is 24.6 Å². The maximum atomic E-state index is 5.96. The molecule has 1 aromatic rings. The molecule has 0 atom stereocenters. The molecule has 2 rings (SSSR count). The molecule has 0 aliphatic carbocycles. The Balaban J connectivity index is 0.00000162. The molecule has 0 bridgehead atoms. The van der Waals surface area contributed by atoms with E-state index >= 15 is 0 Å². The highest BCUT2D eigenvalue weighted by molar-refractivity contribution is 14.0. The number of nitrogens with zero attached hydrogens (tertiary/aromatic N) is 2. The Labute approximate surface area is 135 Å². The van der Waals surface area contributed by atoms with E-state index in [2.05, 4.69) is 22.1 Å². The van der Waals surface area contributed by atoms with Gasteiger partial charge in [0.05, 0.1) is 16.6 Å². The number of benzene rings is 1. The second-order valence-corrected chi connectivity index (χ2v) is 4.70. The molecule has 1 aliphatic rings. The lowest BCUT2D eigenvalue weighted by molar-refractivity contribution is 0.466. The molecule has 1 aromatic carbocycles. The Morgan fingerprint density at radius 1 is 1.33 bits per heavy atom. The van der Waals surface area contributed by atoms with Crippen molar-refractivity contribution < 1.29 is 0 Å². The zero-order valence-corrected chi connectivity index (χ0v) is 14.0. The van der Waals surface area contributed by atoms with Gasteiger partial charge < -0.3 is 10.2 Å². The lowest BCUT2D eigenvalue weighted by Crippen LogP contribution is -2.37. The smallest absolute Gasteiger partial charge is 0.194 e. The van der Waals surface area contributed by atoms with Crippen molar-refractivity contribution >= 4 is 53.1 Å². The van der Waals surface area contributed by atoms with Crippen LogP contribution in [0.1, 0.15) is 12.5 Å². The summed E-state index contributed by atoms with van der Waals surface area (Å²) in [6.07, 6.45) is 0. The first kappa shape index (κ1) is 15.9. The van der Waals surface area contributed by atoms with Crippen molar-refractivity contribution in [3.05, 3.63) is 33.8 Å². The van der Waals surface area contributed by atoms with Crippen molar-refractivity contribution in [2.45, 2.75) is 13.5 Å². The van der Waals surface area contributed by atoms with Crippen LogP contribution in [0.3, 0.4) is 0 Å². The molecule has 1 heterocycles. The summed E-state index contributed by atoms with van der Waals surface area (Å²) >= 11 is 11.8. The average molecular weight is 400 g/mol. The van der Waals surface area contributed by atoms with Gasteiger partial charge in [0.1, 0.15) is 0 Å². The van der Waals surface area contributed by atoms with Crippen LogP contribution in [0.25, 0.3) is 0 Å². The molecule has 1 N–H and O–H groups in total. The molecule has 0 aromatic heterocycles. The molecule has 0 amide bonds. The van der Waals surface area contributed by atoms with Crippen LogP contribution >= 0.6 is 47.2 Å². The minimum atomic E-state index is 0. The number of hydrogen-bond donors (Lipinski definition) is 1. The van der Waals surface area contributed by atoms with Gasteiger partial charge in [-0.25, -0.2) is 0 Å². The number of nitrogens with one attached hydrogen (secondary N) is 1. The quantitative estimate of drug-likeness (QED) is 0.789. The zero-order valence-electron chi connectivity index (χ0n) is 10.1. The summed E-state index contributed by atoms with van der Waals surface area (Å²) in [7, 11) is 0. The summed E-state index contributed by atoms with van der Waals surface area (Å²) in [5.41, 5.74) is 1.10. The van der Waals surface area contributed by atoms with Gasteiger partial charge in [0.25, 0.3) is 0 Å². The van der Waals surface area contributed by atoms with Gasteiger partial charge in [0, 0.05) is 19.6 Å². The minimum Gasteiger partial charge on any atom is -0.352 e. The van der Waals surface area contributed by atoms with E-state index in [-0.39, 0.29) is 24.0 Å². The molecule has 6 heteroatoms. The van der Waals surface area contributed by atoms with Gasteiger partial charge in [-0.1, -0.05) is 29.3 Å². The van der Waals surface area contributed by atoms with Crippen molar-refractivity contribution in [3.8, 4) is 0 Å². The Morgan fingerprint density at radius 2 is 2.11 bits per heavy atom. The second kappa shape index (κ2) is 7.40. The number of rotatable bonds is 3. The number of aliphatic imine (C=N–C) groups is 1. The Morgan fingerprint density at radius 3 is 2.78 bits per heavy atom. The fourth-order valence-corrected chi connectivity index (χ4v) is 2.11. The molecule has 0 fully saturated rings. The summed E-state index contributed by atoms with van der Waals surface area (Å²) in [6.45, 7) is 5.69. The van der Waals surface area contributed by atoms with Crippen LogP contribution in [0.5, 0.6) is 0 Å². The molecule has 0 unspecified atom stereocenters. The lowest BCUT2D eigenvalue weighted by Gasteiger charge is -2.18. The van der Waals surface area contributed by atoms with Crippen molar-refractivity contribution in [1.29, 1.82) is 0 Å². The molecule has 0 saturated carbocycles. The lowest BCUT2D eigenvalue weighted by atomic mass is 10.2. The van der Waals surface area contributed by atoms with Crippen LogP contribution in [0.4, 0.5) is 0 Å². The van der Waals surface area contributed by atoms with Crippen molar-refractivity contribution in [2.75, 3.05) is 19.6 Å². The van der Waals surface area contributed by atoms with Crippen LogP contribution in [0.2, 0.25) is 10.0 Å². The second-order valence-electron chi connectivity index (χ2n) is 3.89. The number of hydrogen-bond acceptors (Lipinski definition) is 3. The standard InChI is InChI=1S/C12H15Cl2N3.HI/c1-2-17-6-5-15-12(17)16-8-9-3-4-10(13)11(14)7-9;/h3-4,7H,2,5-6,8H2,1H3,(H,15,16);1H. The average Bonchev–Trinajstić information content (AvgIpc) is 2.78. The van der Waals surface area contributed by atoms with Crippen LogP contribution < -0.4 is 5.32 Å². The van der Waals surface area contributed by atoms with E-state index in [1.54, 1.807) is 0 Å². The SMILES string of the molecule is CCN1CCN=C1NCc1ccc(Cl)c(Cl)c1.I. The first-order valence-electron chi connectivity index (χ1n) is 5.68. The highest BCUT2D eigenvalue weighted by atomic mass is 127. The summed E-state index contributed by atoms with van der Waals surface area (Å²) < 4.78 is 0. The summed E-state index contributed by atoms with van der Waals surface area (Å²) in [5.74, 6) is 0.971. The summed E-state index contributed by atoms with van der Waals surface area (Å²) in [6, 6.07) is 5.66. The topological polar surface area (TPSA) is 27.6 Å². The largest absolute Gasteiger partial charge is 0.352 e. The minimum absolute atomic E-state index is 0. The van der Waals surface area contributed by atoms with Crippen LogP contribution in [-0.4, -0.2) is 30.5 Å². The fraction of sp³-hybridized carbons (Fsp3) is 0.417. The van der Waals surface area contributed by atoms with Crippen LogP contribution in [0.15, 0.2) is 23.2 Å². The molecule has 0 saturated heterocycles. The van der Waals surface area contributed by atoms with E-state index in [1.807, 2.05) is 18.2 Å². The first-order chi connectivity index (χ1) is 8.20. The predicted molar refractivity (Wildman–Crippen MR) is 88.3 cm³/mol. The Hall–Kier alpha value is -0.200. The van der Waals surface area contributed by atoms with Crippen molar-refractivity contribution in [1.82, 2.24) is 10.2 Å². The molecule has 0 radical (unpaired) electrons. The van der Waals surface area contributed by atoms with Gasteiger partial charge in [-0.2, -0.15) is 0 Å². The third-order valence-electron chi connectivity index (χ3n) is 2.75. The third kappa shape index (κ3) is 3.90. The van der Waals surface area contributed by atoms with E-state index in [4.69, 9.17) is 23.2 Å². The first-order valence-corrected chi connectivity index (χ1v) is 6.43. The Kier molecular flexibility index (Phi) is 6.52. The van der Waals surface area contributed by atoms with Crippen LogP contribution in [-0.2, 0) is 6.54 Å². The summed E-state index contributed by atoms with van der Waals surface area (Å²) in [4.78, 5) is 6.64. The number of guanidine groups is 1. The monoisotopic (exact) mass is 399 g/mol. The molecule has 1 aliphatic heterocycles. The van der Waals surface area contributed by atoms with Crippen molar-refractivity contribution in [2.24, 2.45) is 4.99 Å². The van der Waals surface area contributed by atoms with E-state index in [9.17, 15) is 0 Å². The summed E-state index contributed by atoms with van der Waals surface area (Å²) in [5, 5.41) is 4.50. The van der Waals surface area contributed by atoms with Gasteiger partial charge >= 0.3 is 0 Å². The Bertz CT molecular complexity index is 437. The maximum Gasteiger partial charge on any atom is 0.194 e. The van der Waals surface area contributed by atoms with Crippen molar-refractivity contribution in [3.63, 3.8) is 0 Å². The van der Waals surface area contributed by atoms with E-state index < -0.39 is 0 Å². The van der Waals surface area contributed by atoms with Crippen LogP contribution in [0, 0.1) is 0 Å². The zero-order chi connectivity index (χ0) is 12.3. The van der Waals surface area contributed by atoms with Gasteiger partial charge in [0.15, 0.2) is 5.96 Å². The highest BCUT2D eigenvalue weighted by Crippen LogP contribution is 2.22. The fourth-order valence-electron chi connectivity index (χ4n) is 1.79. The highest BCUT2D eigenvalue weighted by Gasteiger charge is 2.14. The molecular weight excluding hydrogens is 384 g/mol. The van der Waals surface area contributed by atoms with E-state index in [0.717, 1.165) is 31.2 Å². The third-order valence-corrected chi connectivity index (χ3v) is 3.49. The predicted octanol–water partition coefficient (Wildman–Crippen LogP) is 3.39. The number of likely N-dealkylation sites (N-methyl/N-ethyl adjacent to an activating group) is 1. The molecule has 0 spiro atoms. The molecule has 18 heavy (non-hydrogen) atoms. The normalized spacial score (nSPS) is 14.2. The van der Waals surface area contributed by atoms with Gasteiger partial charge in [-0.3, -0.25) is 4.99 Å². The maximum absolute atomic E-state index is 5.96. The molecular formula is C12H16Cl2IN3. The van der Waals surface area contributed by atoms with E-state index in [1.165, 1.54) is 0 Å². The molecule has 3 nitrogen and oxygen atoms in total. The molecule has 100 valence electrons.